The Labute approximate surface area is 109 Å². The predicted molar refractivity (Wildman–Crippen MR) is 72.8 cm³/mol. The van der Waals surface area contributed by atoms with Crippen molar-refractivity contribution in [2.75, 3.05) is 5.32 Å². The summed E-state index contributed by atoms with van der Waals surface area (Å²) in [6.45, 7) is 0.561. The van der Waals surface area contributed by atoms with Crippen molar-refractivity contribution < 1.29 is 4.42 Å². The second-order valence-corrected chi connectivity index (χ2v) is 4.35. The number of nitrogens with zero attached hydrogens (tertiary/aromatic N) is 1. The maximum atomic E-state index is 6.01. The summed E-state index contributed by atoms with van der Waals surface area (Å²) in [5, 5.41) is 4.86. The summed E-state index contributed by atoms with van der Waals surface area (Å²) < 4.78 is 5.70. The number of benzene rings is 1. The molecule has 0 unspecified atom stereocenters. The second-order valence-electron chi connectivity index (χ2n) is 3.94. The highest BCUT2D eigenvalue weighted by Gasteiger charge is 2.04. The van der Waals surface area contributed by atoms with Crippen molar-refractivity contribution in [2.24, 2.45) is 0 Å². The van der Waals surface area contributed by atoms with Gasteiger partial charge in [0.25, 0.3) is 0 Å². The normalized spacial score (nSPS) is 10.7. The number of rotatable bonds is 3. The van der Waals surface area contributed by atoms with Gasteiger partial charge in [-0.15, -0.1) is 0 Å². The monoisotopic (exact) mass is 258 g/mol. The quantitative estimate of drug-likeness (QED) is 0.769. The Morgan fingerprint density at radius 1 is 1.17 bits per heavy atom. The minimum Gasteiger partial charge on any atom is -0.459 e. The van der Waals surface area contributed by atoms with E-state index in [2.05, 4.69) is 10.3 Å². The SMILES string of the molecule is Clc1cccnc1NCc1cc2ccccc2o1. The van der Waals surface area contributed by atoms with Crippen LogP contribution in [0.2, 0.25) is 5.02 Å². The Morgan fingerprint density at radius 2 is 2.06 bits per heavy atom. The van der Waals surface area contributed by atoms with Gasteiger partial charge in [0.15, 0.2) is 0 Å². The number of para-hydroxylation sites is 1. The Hall–Kier alpha value is -2.00. The molecule has 3 nitrogen and oxygen atoms in total. The fourth-order valence-corrected chi connectivity index (χ4v) is 2.00. The van der Waals surface area contributed by atoms with Crippen molar-refractivity contribution in [3.63, 3.8) is 0 Å². The molecule has 0 atom stereocenters. The number of anilines is 1. The van der Waals surface area contributed by atoms with Gasteiger partial charge in [-0.25, -0.2) is 4.98 Å². The zero-order valence-corrected chi connectivity index (χ0v) is 10.3. The minimum atomic E-state index is 0.561. The molecule has 2 heterocycles. The van der Waals surface area contributed by atoms with Crippen LogP contribution in [0, 0.1) is 0 Å². The molecule has 18 heavy (non-hydrogen) atoms. The van der Waals surface area contributed by atoms with Gasteiger partial charge in [0.2, 0.25) is 0 Å². The molecule has 1 aromatic carbocycles. The van der Waals surface area contributed by atoms with Crippen LogP contribution in [0.1, 0.15) is 5.76 Å². The summed E-state index contributed by atoms with van der Waals surface area (Å²) >= 11 is 6.01. The van der Waals surface area contributed by atoms with Gasteiger partial charge in [-0.3, -0.25) is 0 Å². The van der Waals surface area contributed by atoms with Crippen LogP contribution in [0.25, 0.3) is 11.0 Å². The largest absolute Gasteiger partial charge is 0.459 e. The zero-order chi connectivity index (χ0) is 12.4. The highest BCUT2D eigenvalue weighted by Crippen LogP contribution is 2.21. The van der Waals surface area contributed by atoms with E-state index in [1.807, 2.05) is 30.3 Å². The molecule has 0 bridgehead atoms. The molecule has 2 aromatic heterocycles. The summed E-state index contributed by atoms with van der Waals surface area (Å²) in [4.78, 5) is 4.16. The number of hydrogen-bond donors (Lipinski definition) is 1. The Balaban J connectivity index is 1.79. The predicted octanol–water partition coefficient (Wildman–Crippen LogP) is 4.09. The first-order valence-corrected chi connectivity index (χ1v) is 6.02. The second kappa shape index (κ2) is 4.70. The summed E-state index contributed by atoms with van der Waals surface area (Å²) in [7, 11) is 0. The van der Waals surface area contributed by atoms with E-state index in [1.54, 1.807) is 18.3 Å². The highest BCUT2D eigenvalue weighted by atomic mass is 35.5. The fourth-order valence-electron chi connectivity index (χ4n) is 1.81. The smallest absolute Gasteiger partial charge is 0.145 e. The summed E-state index contributed by atoms with van der Waals surface area (Å²) in [5.41, 5.74) is 0.890. The molecule has 0 amide bonds. The molecule has 3 rings (SSSR count). The summed E-state index contributed by atoms with van der Waals surface area (Å²) in [5.74, 6) is 1.53. The van der Waals surface area contributed by atoms with E-state index in [9.17, 15) is 0 Å². The molecule has 0 fully saturated rings. The topological polar surface area (TPSA) is 38.1 Å². The van der Waals surface area contributed by atoms with Crippen molar-refractivity contribution in [1.82, 2.24) is 4.98 Å². The van der Waals surface area contributed by atoms with Gasteiger partial charge in [-0.2, -0.15) is 0 Å². The fraction of sp³-hybridized carbons (Fsp3) is 0.0714. The highest BCUT2D eigenvalue weighted by molar-refractivity contribution is 6.32. The molecule has 1 N–H and O–H groups in total. The molecule has 4 heteroatoms. The van der Waals surface area contributed by atoms with Crippen LogP contribution >= 0.6 is 11.6 Å². The van der Waals surface area contributed by atoms with Crippen molar-refractivity contribution in [3.8, 4) is 0 Å². The van der Waals surface area contributed by atoms with Gasteiger partial charge in [-0.05, 0) is 24.3 Å². The third-order valence-corrected chi connectivity index (χ3v) is 2.97. The first kappa shape index (κ1) is 11.1. The molecular formula is C14H11ClN2O. The first-order chi connectivity index (χ1) is 8.83. The Kier molecular flexibility index (Phi) is 2.90. The van der Waals surface area contributed by atoms with Gasteiger partial charge in [0.05, 0.1) is 11.6 Å². The number of pyridine rings is 1. The van der Waals surface area contributed by atoms with Crippen molar-refractivity contribution in [3.05, 3.63) is 59.4 Å². The molecule has 0 aliphatic rings. The lowest BCUT2D eigenvalue weighted by atomic mass is 10.2. The van der Waals surface area contributed by atoms with E-state index in [1.165, 1.54) is 0 Å². The summed E-state index contributed by atoms with van der Waals surface area (Å²) in [6, 6.07) is 13.5. The van der Waals surface area contributed by atoms with E-state index >= 15 is 0 Å². The van der Waals surface area contributed by atoms with Crippen LogP contribution in [0.5, 0.6) is 0 Å². The van der Waals surface area contributed by atoms with Gasteiger partial charge >= 0.3 is 0 Å². The van der Waals surface area contributed by atoms with Crippen LogP contribution < -0.4 is 5.32 Å². The number of aromatic nitrogens is 1. The molecule has 3 aromatic rings. The molecule has 90 valence electrons. The molecule has 0 aliphatic carbocycles. The lowest BCUT2D eigenvalue weighted by Crippen LogP contribution is -2.00. The van der Waals surface area contributed by atoms with Crippen molar-refractivity contribution >= 4 is 28.4 Å². The minimum absolute atomic E-state index is 0.561. The van der Waals surface area contributed by atoms with Crippen LogP contribution in [-0.4, -0.2) is 4.98 Å². The van der Waals surface area contributed by atoms with Gasteiger partial charge in [0.1, 0.15) is 17.2 Å². The van der Waals surface area contributed by atoms with Gasteiger partial charge in [-0.1, -0.05) is 29.8 Å². The number of furan rings is 1. The third kappa shape index (κ3) is 2.17. The maximum absolute atomic E-state index is 6.01. The van der Waals surface area contributed by atoms with E-state index in [0.717, 1.165) is 16.7 Å². The van der Waals surface area contributed by atoms with Gasteiger partial charge in [0, 0.05) is 11.6 Å². The Morgan fingerprint density at radius 3 is 2.89 bits per heavy atom. The van der Waals surface area contributed by atoms with E-state index < -0.39 is 0 Å². The lowest BCUT2D eigenvalue weighted by molar-refractivity contribution is 0.559. The molecule has 0 radical (unpaired) electrons. The number of nitrogens with one attached hydrogen (secondary N) is 1. The lowest BCUT2D eigenvalue weighted by Gasteiger charge is -2.04. The van der Waals surface area contributed by atoms with Crippen LogP contribution in [0.4, 0.5) is 5.82 Å². The molecular weight excluding hydrogens is 248 g/mol. The van der Waals surface area contributed by atoms with Crippen LogP contribution in [0.15, 0.2) is 53.1 Å². The van der Waals surface area contributed by atoms with Crippen LogP contribution in [0.3, 0.4) is 0 Å². The number of halogens is 1. The molecule has 0 saturated carbocycles. The van der Waals surface area contributed by atoms with E-state index in [0.29, 0.717) is 17.4 Å². The zero-order valence-electron chi connectivity index (χ0n) is 9.56. The molecule has 0 aliphatic heterocycles. The average Bonchev–Trinajstić information content (AvgIpc) is 2.80. The van der Waals surface area contributed by atoms with E-state index in [-0.39, 0.29) is 0 Å². The average molecular weight is 259 g/mol. The van der Waals surface area contributed by atoms with Crippen molar-refractivity contribution in [1.29, 1.82) is 0 Å². The third-order valence-electron chi connectivity index (χ3n) is 2.67. The maximum Gasteiger partial charge on any atom is 0.145 e. The van der Waals surface area contributed by atoms with E-state index in [4.69, 9.17) is 16.0 Å². The number of fused-ring (bicyclic) bond motifs is 1. The summed E-state index contributed by atoms with van der Waals surface area (Å²) in [6.07, 6.45) is 1.70. The van der Waals surface area contributed by atoms with Crippen molar-refractivity contribution in [2.45, 2.75) is 6.54 Å². The van der Waals surface area contributed by atoms with Gasteiger partial charge < -0.3 is 9.73 Å². The van der Waals surface area contributed by atoms with Crippen LogP contribution in [-0.2, 0) is 6.54 Å². The standard InChI is InChI=1S/C14H11ClN2O/c15-12-5-3-7-16-14(12)17-9-11-8-10-4-1-2-6-13(10)18-11/h1-8H,9H2,(H,16,17). The molecule has 0 saturated heterocycles. The Bertz CT molecular complexity index is 645. The first-order valence-electron chi connectivity index (χ1n) is 5.65. The number of hydrogen-bond acceptors (Lipinski definition) is 3. The molecule has 0 spiro atoms.